The molecule has 6 heteroatoms. The summed E-state index contributed by atoms with van der Waals surface area (Å²) < 4.78 is 7.47. The van der Waals surface area contributed by atoms with Gasteiger partial charge in [0.1, 0.15) is 11.7 Å². The molecule has 0 bridgehead atoms. The quantitative estimate of drug-likeness (QED) is 0.635. The van der Waals surface area contributed by atoms with Crippen molar-refractivity contribution in [3.8, 4) is 5.75 Å². The first kappa shape index (κ1) is 14.6. The number of ether oxygens (including phenoxy) is 1. The van der Waals surface area contributed by atoms with Crippen LogP contribution in [0, 0.1) is 0 Å². The maximum atomic E-state index is 5.86. The van der Waals surface area contributed by atoms with Crippen LogP contribution in [-0.2, 0) is 19.4 Å². The number of hydrogen-bond acceptors (Lipinski definition) is 5. The number of thiophene rings is 1. The third kappa shape index (κ3) is 2.59. The Morgan fingerprint density at radius 1 is 1.52 bits per heavy atom. The molecule has 1 atom stereocenters. The third-order valence-electron chi connectivity index (χ3n) is 3.99. The van der Waals surface area contributed by atoms with E-state index in [-0.39, 0.29) is 6.04 Å². The van der Waals surface area contributed by atoms with Crippen molar-refractivity contribution in [3.63, 3.8) is 0 Å². The van der Waals surface area contributed by atoms with E-state index in [0.29, 0.717) is 0 Å². The summed E-state index contributed by atoms with van der Waals surface area (Å²) in [4.78, 5) is 2.75. The molecular weight excluding hydrogens is 284 g/mol. The Morgan fingerprint density at radius 2 is 2.38 bits per heavy atom. The average molecular weight is 306 g/mol. The summed E-state index contributed by atoms with van der Waals surface area (Å²) in [6.07, 6.45) is 6.46. The molecule has 1 aliphatic carbocycles. The van der Waals surface area contributed by atoms with E-state index in [1.165, 1.54) is 34.6 Å². The predicted molar refractivity (Wildman–Crippen MR) is 84.6 cm³/mol. The third-order valence-corrected chi connectivity index (χ3v) is 5.29. The number of aryl methyl sites for hydroxylation is 3. The van der Waals surface area contributed by atoms with E-state index in [2.05, 4.69) is 23.5 Å². The largest absolute Gasteiger partial charge is 0.493 e. The molecule has 0 aromatic carbocycles. The Morgan fingerprint density at radius 3 is 3.05 bits per heavy atom. The zero-order valence-corrected chi connectivity index (χ0v) is 13.4. The van der Waals surface area contributed by atoms with E-state index in [0.717, 1.165) is 24.4 Å². The summed E-state index contributed by atoms with van der Waals surface area (Å²) in [5.74, 6) is 6.66. The van der Waals surface area contributed by atoms with Crippen LogP contribution in [0.2, 0.25) is 0 Å². The Kier molecular flexibility index (Phi) is 4.28. The monoisotopic (exact) mass is 306 g/mol. The minimum Gasteiger partial charge on any atom is -0.493 e. The topological polar surface area (TPSA) is 65.1 Å². The molecule has 114 valence electrons. The van der Waals surface area contributed by atoms with Crippen LogP contribution in [0.15, 0.2) is 12.3 Å². The van der Waals surface area contributed by atoms with Gasteiger partial charge in [-0.1, -0.05) is 6.92 Å². The van der Waals surface area contributed by atoms with Gasteiger partial charge in [-0.2, -0.15) is 5.10 Å². The molecule has 5 nitrogen and oxygen atoms in total. The molecule has 3 N–H and O–H groups in total. The SMILES string of the molecule is CCCn1ncc(OC)c1C(NN)c1cc2c(s1)CCC2. The van der Waals surface area contributed by atoms with Gasteiger partial charge in [-0.05, 0) is 37.3 Å². The van der Waals surface area contributed by atoms with Crippen LogP contribution in [0.1, 0.15) is 46.8 Å². The molecule has 1 unspecified atom stereocenters. The van der Waals surface area contributed by atoms with Crippen LogP contribution < -0.4 is 16.0 Å². The molecule has 2 aromatic heterocycles. The summed E-state index contributed by atoms with van der Waals surface area (Å²) in [6, 6.07) is 2.23. The maximum Gasteiger partial charge on any atom is 0.162 e. The van der Waals surface area contributed by atoms with Crippen molar-refractivity contribution in [1.29, 1.82) is 0 Å². The number of nitrogens with two attached hydrogens (primary N) is 1. The second kappa shape index (κ2) is 6.17. The summed E-state index contributed by atoms with van der Waals surface area (Å²) in [5.41, 5.74) is 5.45. The molecule has 0 fully saturated rings. The molecule has 21 heavy (non-hydrogen) atoms. The Hall–Kier alpha value is -1.37. The van der Waals surface area contributed by atoms with E-state index in [9.17, 15) is 0 Å². The fourth-order valence-corrected chi connectivity index (χ4v) is 4.33. The fourth-order valence-electron chi connectivity index (χ4n) is 3.01. The Balaban J connectivity index is 2.00. The zero-order chi connectivity index (χ0) is 14.8. The molecule has 0 amide bonds. The van der Waals surface area contributed by atoms with Crippen LogP contribution in [0.5, 0.6) is 5.75 Å². The molecule has 0 spiro atoms. The lowest BCUT2D eigenvalue weighted by Crippen LogP contribution is -2.30. The average Bonchev–Trinajstić information content (AvgIpc) is 3.15. The van der Waals surface area contributed by atoms with E-state index in [1.54, 1.807) is 13.3 Å². The molecule has 0 saturated heterocycles. The highest BCUT2D eigenvalue weighted by Gasteiger charge is 2.26. The highest BCUT2D eigenvalue weighted by Crippen LogP contribution is 2.38. The number of methoxy groups -OCH3 is 1. The van der Waals surface area contributed by atoms with Crippen LogP contribution in [0.25, 0.3) is 0 Å². The van der Waals surface area contributed by atoms with Crippen molar-refractivity contribution in [3.05, 3.63) is 33.3 Å². The number of rotatable bonds is 6. The Bertz CT molecular complexity index is 598. The van der Waals surface area contributed by atoms with E-state index < -0.39 is 0 Å². The van der Waals surface area contributed by atoms with E-state index in [4.69, 9.17) is 10.6 Å². The minimum atomic E-state index is -0.0652. The second-order valence-electron chi connectivity index (χ2n) is 5.37. The molecular formula is C15H22N4OS. The first-order valence-electron chi connectivity index (χ1n) is 7.45. The highest BCUT2D eigenvalue weighted by molar-refractivity contribution is 7.12. The van der Waals surface area contributed by atoms with Gasteiger partial charge in [0.2, 0.25) is 0 Å². The normalized spacial score (nSPS) is 15.2. The molecule has 3 rings (SSSR count). The van der Waals surface area contributed by atoms with Crippen LogP contribution >= 0.6 is 11.3 Å². The van der Waals surface area contributed by atoms with Gasteiger partial charge in [0.25, 0.3) is 0 Å². The number of hydrazine groups is 1. The lowest BCUT2D eigenvalue weighted by Gasteiger charge is -2.18. The van der Waals surface area contributed by atoms with Gasteiger partial charge in [0.15, 0.2) is 5.75 Å². The molecule has 1 aliphatic rings. The lowest BCUT2D eigenvalue weighted by atomic mass is 10.1. The van der Waals surface area contributed by atoms with Gasteiger partial charge in [-0.25, -0.2) is 5.43 Å². The van der Waals surface area contributed by atoms with Crippen LogP contribution in [0.4, 0.5) is 0 Å². The standard InChI is InChI=1S/C15H22N4OS/c1-3-7-19-15(11(20-2)9-17-19)14(18-16)13-8-10-5-4-6-12(10)21-13/h8-9,14,18H,3-7,16H2,1-2H3. The summed E-state index contributed by atoms with van der Waals surface area (Å²) in [6.45, 7) is 3.00. The fraction of sp³-hybridized carbons (Fsp3) is 0.533. The summed E-state index contributed by atoms with van der Waals surface area (Å²) in [5, 5.41) is 4.44. The second-order valence-corrected chi connectivity index (χ2v) is 6.54. The van der Waals surface area contributed by atoms with Crippen molar-refractivity contribution in [2.75, 3.05) is 7.11 Å². The number of nitrogens with one attached hydrogen (secondary N) is 1. The predicted octanol–water partition coefficient (Wildman–Crippen LogP) is 2.40. The van der Waals surface area contributed by atoms with Gasteiger partial charge >= 0.3 is 0 Å². The number of fused-ring (bicyclic) bond motifs is 1. The van der Waals surface area contributed by atoms with Gasteiger partial charge in [0.05, 0.1) is 13.3 Å². The van der Waals surface area contributed by atoms with Crippen molar-refractivity contribution in [1.82, 2.24) is 15.2 Å². The van der Waals surface area contributed by atoms with Crippen molar-refractivity contribution in [2.24, 2.45) is 5.84 Å². The minimum absolute atomic E-state index is 0.0652. The molecule has 0 saturated carbocycles. The smallest absolute Gasteiger partial charge is 0.162 e. The van der Waals surface area contributed by atoms with Crippen molar-refractivity contribution < 1.29 is 4.74 Å². The molecule has 2 heterocycles. The maximum absolute atomic E-state index is 5.86. The van der Waals surface area contributed by atoms with Gasteiger partial charge in [-0.3, -0.25) is 10.5 Å². The van der Waals surface area contributed by atoms with Crippen molar-refractivity contribution >= 4 is 11.3 Å². The van der Waals surface area contributed by atoms with Gasteiger partial charge in [0, 0.05) is 16.3 Å². The summed E-state index contributed by atoms with van der Waals surface area (Å²) >= 11 is 1.86. The zero-order valence-electron chi connectivity index (χ0n) is 12.6. The van der Waals surface area contributed by atoms with Gasteiger partial charge in [-0.15, -0.1) is 11.3 Å². The molecule has 0 aliphatic heterocycles. The Labute approximate surface area is 129 Å². The molecule has 0 radical (unpaired) electrons. The highest BCUT2D eigenvalue weighted by atomic mass is 32.1. The van der Waals surface area contributed by atoms with Crippen molar-refractivity contribution in [2.45, 2.75) is 45.2 Å². The number of hydrogen-bond donors (Lipinski definition) is 2. The molecule has 2 aromatic rings. The number of aromatic nitrogens is 2. The first-order chi connectivity index (χ1) is 10.3. The lowest BCUT2D eigenvalue weighted by molar-refractivity contribution is 0.399. The van der Waals surface area contributed by atoms with Crippen LogP contribution in [0.3, 0.4) is 0 Å². The number of nitrogens with zero attached hydrogens (tertiary/aromatic N) is 2. The van der Waals surface area contributed by atoms with Crippen LogP contribution in [-0.4, -0.2) is 16.9 Å². The van der Waals surface area contributed by atoms with E-state index >= 15 is 0 Å². The van der Waals surface area contributed by atoms with E-state index in [1.807, 2.05) is 16.0 Å². The summed E-state index contributed by atoms with van der Waals surface area (Å²) in [7, 11) is 1.68. The van der Waals surface area contributed by atoms with Gasteiger partial charge < -0.3 is 4.74 Å². The first-order valence-corrected chi connectivity index (χ1v) is 8.27.